The highest BCUT2D eigenvalue weighted by Gasteiger charge is 2.34. The van der Waals surface area contributed by atoms with Crippen molar-refractivity contribution in [3.8, 4) is 17.6 Å². The van der Waals surface area contributed by atoms with Crippen LogP contribution < -0.4 is 14.4 Å². The van der Waals surface area contributed by atoms with Crippen molar-refractivity contribution < 1.29 is 23.4 Å². The first-order valence-corrected chi connectivity index (χ1v) is 14.0. The zero-order chi connectivity index (χ0) is 29.4. The van der Waals surface area contributed by atoms with Gasteiger partial charge in [0, 0.05) is 58.1 Å². The molecule has 4 aromatic rings. The summed E-state index contributed by atoms with van der Waals surface area (Å²) in [5, 5.41) is 7.66. The number of anilines is 1. The third kappa shape index (κ3) is 5.30. The average Bonchev–Trinajstić information content (AvgIpc) is 3.60. The van der Waals surface area contributed by atoms with Crippen LogP contribution in [-0.2, 0) is 9.53 Å². The van der Waals surface area contributed by atoms with E-state index in [1.807, 2.05) is 14.0 Å². The molecule has 0 saturated carbocycles. The summed E-state index contributed by atoms with van der Waals surface area (Å²) in [6, 6.07) is 3.17. The molecule has 1 amide bonds. The summed E-state index contributed by atoms with van der Waals surface area (Å²) in [5.74, 6) is -0.0148. The molecule has 2 atom stereocenters. The molecule has 0 radical (unpaired) electrons. The van der Waals surface area contributed by atoms with Gasteiger partial charge in [0.15, 0.2) is 5.75 Å². The number of carbonyl (C=O) groups is 1. The fourth-order valence-corrected chi connectivity index (χ4v) is 5.57. The average molecular weight is 597 g/mol. The van der Waals surface area contributed by atoms with Crippen LogP contribution >= 0.6 is 11.6 Å². The van der Waals surface area contributed by atoms with Crippen molar-refractivity contribution in [2.75, 3.05) is 57.8 Å². The van der Waals surface area contributed by atoms with E-state index in [1.54, 1.807) is 17.2 Å². The first-order chi connectivity index (χ1) is 20.4. The van der Waals surface area contributed by atoms with Gasteiger partial charge in [0.2, 0.25) is 11.8 Å². The molecular formula is C28H30ClFN8O4. The van der Waals surface area contributed by atoms with E-state index in [4.69, 9.17) is 35.8 Å². The van der Waals surface area contributed by atoms with Gasteiger partial charge in [0.25, 0.3) is 0 Å². The van der Waals surface area contributed by atoms with Gasteiger partial charge in [-0.2, -0.15) is 15.1 Å². The normalized spacial score (nSPS) is 19.5. The molecular weight excluding hydrogens is 567 g/mol. The molecule has 3 aromatic heterocycles. The highest BCUT2D eigenvalue weighted by Crippen LogP contribution is 2.40. The maximum absolute atomic E-state index is 14.7. The Labute approximate surface area is 246 Å². The predicted octanol–water partition coefficient (Wildman–Crippen LogP) is 3.42. The fraction of sp³-hybridized carbons (Fsp3) is 0.393. The number of likely N-dealkylation sites (tertiary alicyclic amines) is 1. The number of aromatic nitrogens is 5. The van der Waals surface area contributed by atoms with E-state index in [0.29, 0.717) is 73.5 Å². The fourth-order valence-electron chi connectivity index (χ4n) is 5.38. The Kier molecular flexibility index (Phi) is 7.80. The van der Waals surface area contributed by atoms with E-state index in [-0.39, 0.29) is 40.8 Å². The molecule has 1 N–H and O–H groups in total. The molecule has 2 aliphatic heterocycles. The van der Waals surface area contributed by atoms with Crippen molar-refractivity contribution in [1.29, 1.82) is 0 Å². The SMILES string of the molecule is C=CC(=O)N1CCN(c2nc(O[C@@H]3CN(C)C[C@H]3OCC)nc3c(Oc4c(Cl)c(F)cc5[nH]ncc45)nccc23)CC1. The number of benzene rings is 1. The molecule has 14 heteroatoms. The zero-order valence-corrected chi connectivity index (χ0v) is 24.0. The minimum absolute atomic E-state index is 0.0634. The van der Waals surface area contributed by atoms with Crippen LogP contribution in [0.15, 0.2) is 37.2 Å². The molecule has 0 unspecified atom stereocenters. The Morgan fingerprint density at radius 2 is 2.00 bits per heavy atom. The molecule has 42 heavy (non-hydrogen) atoms. The maximum atomic E-state index is 14.7. The number of ether oxygens (including phenoxy) is 3. The van der Waals surface area contributed by atoms with Crippen LogP contribution in [-0.4, -0.2) is 106 Å². The summed E-state index contributed by atoms with van der Waals surface area (Å²) >= 11 is 6.35. The Morgan fingerprint density at radius 3 is 2.76 bits per heavy atom. The van der Waals surface area contributed by atoms with E-state index in [0.717, 1.165) is 0 Å². The lowest BCUT2D eigenvalue weighted by Crippen LogP contribution is -2.48. The molecule has 2 aliphatic rings. The summed E-state index contributed by atoms with van der Waals surface area (Å²) in [6.45, 7) is 9.50. The predicted molar refractivity (Wildman–Crippen MR) is 155 cm³/mol. The molecule has 0 aliphatic carbocycles. The molecule has 5 heterocycles. The summed E-state index contributed by atoms with van der Waals surface area (Å²) in [7, 11) is 2.00. The lowest BCUT2D eigenvalue weighted by atomic mass is 10.2. The van der Waals surface area contributed by atoms with Gasteiger partial charge in [-0.1, -0.05) is 18.2 Å². The van der Waals surface area contributed by atoms with E-state index < -0.39 is 5.82 Å². The Balaban J connectivity index is 1.42. The van der Waals surface area contributed by atoms with Crippen LogP contribution in [0.1, 0.15) is 6.92 Å². The number of likely N-dealkylation sites (N-methyl/N-ethyl adjacent to an activating group) is 1. The van der Waals surface area contributed by atoms with Crippen molar-refractivity contribution in [2.24, 2.45) is 0 Å². The number of piperazine rings is 1. The van der Waals surface area contributed by atoms with Crippen LogP contribution in [0.3, 0.4) is 0 Å². The minimum Gasteiger partial charge on any atom is -0.456 e. The quantitative estimate of drug-likeness (QED) is 0.303. The zero-order valence-electron chi connectivity index (χ0n) is 23.2. The Morgan fingerprint density at radius 1 is 1.21 bits per heavy atom. The minimum atomic E-state index is -0.665. The largest absolute Gasteiger partial charge is 0.456 e. The number of rotatable bonds is 8. The summed E-state index contributed by atoms with van der Waals surface area (Å²) in [5.41, 5.74) is 0.782. The van der Waals surface area contributed by atoms with Crippen LogP contribution in [0, 0.1) is 5.82 Å². The molecule has 220 valence electrons. The molecule has 6 rings (SSSR count). The van der Waals surface area contributed by atoms with Gasteiger partial charge >= 0.3 is 6.01 Å². The first-order valence-electron chi connectivity index (χ1n) is 13.6. The van der Waals surface area contributed by atoms with Crippen molar-refractivity contribution >= 4 is 45.1 Å². The molecule has 2 saturated heterocycles. The Hall–Kier alpha value is -4.07. The monoisotopic (exact) mass is 596 g/mol. The third-order valence-electron chi connectivity index (χ3n) is 7.43. The number of nitrogens with zero attached hydrogens (tertiary/aromatic N) is 7. The molecule has 12 nitrogen and oxygen atoms in total. The highest BCUT2D eigenvalue weighted by molar-refractivity contribution is 6.33. The lowest BCUT2D eigenvalue weighted by Gasteiger charge is -2.35. The smallest absolute Gasteiger partial charge is 0.319 e. The first kappa shape index (κ1) is 28.1. The second-order valence-corrected chi connectivity index (χ2v) is 10.5. The number of amides is 1. The summed E-state index contributed by atoms with van der Waals surface area (Å²) in [4.78, 5) is 32.1. The number of hydrogen-bond donors (Lipinski definition) is 1. The van der Waals surface area contributed by atoms with Crippen LogP contribution in [0.5, 0.6) is 17.6 Å². The van der Waals surface area contributed by atoms with Crippen molar-refractivity contribution in [3.63, 3.8) is 0 Å². The number of pyridine rings is 1. The number of aromatic amines is 1. The summed E-state index contributed by atoms with van der Waals surface area (Å²) in [6.07, 6.45) is 3.94. The van der Waals surface area contributed by atoms with Crippen LogP contribution in [0.25, 0.3) is 21.8 Å². The lowest BCUT2D eigenvalue weighted by molar-refractivity contribution is -0.126. The number of halogens is 2. The number of carbonyl (C=O) groups excluding carboxylic acids is 1. The van der Waals surface area contributed by atoms with E-state index in [2.05, 4.69) is 31.6 Å². The van der Waals surface area contributed by atoms with Gasteiger partial charge in [0.05, 0.1) is 22.5 Å². The molecule has 0 spiro atoms. The van der Waals surface area contributed by atoms with Crippen molar-refractivity contribution in [1.82, 2.24) is 34.9 Å². The highest BCUT2D eigenvalue weighted by atomic mass is 35.5. The van der Waals surface area contributed by atoms with Crippen LogP contribution in [0.4, 0.5) is 10.2 Å². The molecule has 1 aromatic carbocycles. The van der Waals surface area contributed by atoms with Gasteiger partial charge in [-0.15, -0.1) is 0 Å². The number of nitrogens with one attached hydrogen (secondary N) is 1. The van der Waals surface area contributed by atoms with Crippen molar-refractivity contribution in [3.05, 3.63) is 48.0 Å². The Bertz CT molecular complexity index is 1640. The van der Waals surface area contributed by atoms with Gasteiger partial charge in [-0.25, -0.2) is 9.37 Å². The van der Waals surface area contributed by atoms with Gasteiger partial charge in [-0.05, 0) is 26.1 Å². The second-order valence-electron chi connectivity index (χ2n) is 10.2. The number of H-pyrrole nitrogens is 1. The van der Waals surface area contributed by atoms with E-state index >= 15 is 0 Å². The summed E-state index contributed by atoms with van der Waals surface area (Å²) < 4.78 is 33.1. The van der Waals surface area contributed by atoms with E-state index in [9.17, 15) is 9.18 Å². The second kappa shape index (κ2) is 11.7. The third-order valence-corrected chi connectivity index (χ3v) is 7.79. The van der Waals surface area contributed by atoms with E-state index in [1.165, 1.54) is 18.3 Å². The molecule has 2 fully saturated rings. The van der Waals surface area contributed by atoms with Crippen LogP contribution in [0.2, 0.25) is 5.02 Å². The van der Waals surface area contributed by atoms with Gasteiger partial charge in [-0.3, -0.25) is 14.8 Å². The standard InChI is InChI=1S/C28H30ClFN8O4/c1-4-22(39)37-8-10-38(11-9-37)26-16-6-7-31-27(42-25-17-13-32-35-19(17)12-18(30)23(25)29)24(16)33-28(34-26)41-21-15-36(3)14-20(21)40-5-2/h4,6-7,12-13,20-21H,1,5,8-11,14-15H2,2-3H3,(H,32,35)/t20-,21-/m1/s1. The van der Waals surface area contributed by atoms with Crippen molar-refractivity contribution in [2.45, 2.75) is 19.1 Å². The number of hydrogen-bond acceptors (Lipinski definition) is 10. The number of fused-ring (bicyclic) bond motifs is 2. The maximum Gasteiger partial charge on any atom is 0.319 e. The van der Waals surface area contributed by atoms with Gasteiger partial charge in [0.1, 0.15) is 34.4 Å². The van der Waals surface area contributed by atoms with Gasteiger partial charge < -0.3 is 24.0 Å². The molecule has 0 bridgehead atoms. The topological polar surface area (TPSA) is 122 Å².